The molecule has 7 heteroatoms. The highest BCUT2D eigenvalue weighted by atomic mass is 16.5. The number of aromatic nitrogens is 4. The highest BCUT2D eigenvalue weighted by molar-refractivity contribution is 5.31. The molecule has 2 heterocycles. The second kappa shape index (κ2) is 9.51. The maximum atomic E-state index is 12.2. The molecule has 0 unspecified atom stereocenters. The Morgan fingerprint density at radius 1 is 1.00 bits per heavy atom. The summed E-state index contributed by atoms with van der Waals surface area (Å²) in [6.45, 7) is 2.11. The Morgan fingerprint density at radius 2 is 1.74 bits per heavy atom. The molecule has 0 aliphatic heterocycles. The molecule has 0 aliphatic rings. The first-order valence-corrected chi connectivity index (χ1v) is 10.1. The Balaban J connectivity index is 1.48. The van der Waals surface area contributed by atoms with Gasteiger partial charge in [0.05, 0.1) is 19.3 Å². The largest absolute Gasteiger partial charge is 0.389 e. The number of imidazole rings is 1. The van der Waals surface area contributed by atoms with Crippen molar-refractivity contribution >= 4 is 0 Å². The Bertz CT molecular complexity index is 1160. The maximum absolute atomic E-state index is 12.2. The molecule has 0 amide bonds. The fourth-order valence-corrected chi connectivity index (χ4v) is 3.31. The van der Waals surface area contributed by atoms with Gasteiger partial charge in [0.15, 0.2) is 5.82 Å². The van der Waals surface area contributed by atoms with Crippen molar-refractivity contribution in [3.05, 3.63) is 112 Å². The third kappa shape index (κ3) is 5.14. The predicted octanol–water partition coefficient (Wildman–Crippen LogP) is 2.90. The molecule has 31 heavy (non-hydrogen) atoms. The molecule has 7 nitrogen and oxygen atoms in total. The van der Waals surface area contributed by atoms with Crippen LogP contribution in [-0.4, -0.2) is 37.1 Å². The van der Waals surface area contributed by atoms with Gasteiger partial charge in [-0.25, -0.2) is 9.67 Å². The number of hydrogen-bond acceptors (Lipinski definition) is 5. The van der Waals surface area contributed by atoms with E-state index in [9.17, 15) is 9.90 Å². The summed E-state index contributed by atoms with van der Waals surface area (Å²) in [6.07, 6.45) is 3.75. The molecule has 0 saturated carbocycles. The van der Waals surface area contributed by atoms with Crippen molar-refractivity contribution in [3.63, 3.8) is 0 Å². The molecule has 0 saturated heterocycles. The Labute approximate surface area is 180 Å². The predicted molar refractivity (Wildman–Crippen MR) is 117 cm³/mol. The molecule has 2 aromatic carbocycles. The van der Waals surface area contributed by atoms with Gasteiger partial charge in [0.1, 0.15) is 12.4 Å². The molecule has 0 fully saturated rings. The van der Waals surface area contributed by atoms with Crippen molar-refractivity contribution in [1.29, 1.82) is 0 Å². The minimum Gasteiger partial charge on any atom is -0.389 e. The number of aryl methyl sites for hydroxylation is 1. The summed E-state index contributed by atoms with van der Waals surface area (Å²) in [4.78, 5) is 16.2. The average Bonchev–Trinajstić information content (AvgIpc) is 3.32. The summed E-state index contributed by atoms with van der Waals surface area (Å²) < 4.78 is 9.06. The molecule has 4 aromatic rings. The van der Waals surface area contributed by atoms with Gasteiger partial charge in [-0.15, -0.1) is 0 Å². The summed E-state index contributed by atoms with van der Waals surface area (Å²) in [5.41, 5.74) is 2.87. The lowest BCUT2D eigenvalue weighted by atomic mass is 10.0. The lowest BCUT2D eigenvalue weighted by molar-refractivity contribution is -0.00246. The van der Waals surface area contributed by atoms with Gasteiger partial charge in [0.2, 0.25) is 0 Å². The van der Waals surface area contributed by atoms with Crippen LogP contribution in [-0.2, 0) is 11.3 Å². The first kappa shape index (κ1) is 20.7. The first-order chi connectivity index (χ1) is 15.1. The van der Waals surface area contributed by atoms with Crippen molar-refractivity contribution in [2.45, 2.75) is 25.7 Å². The zero-order valence-corrected chi connectivity index (χ0v) is 17.2. The smallest absolute Gasteiger partial charge is 0.266 e. The molecule has 0 radical (unpaired) electrons. The minimum absolute atomic E-state index is 0.0246. The van der Waals surface area contributed by atoms with Gasteiger partial charge < -0.3 is 9.84 Å². The highest BCUT2D eigenvalue weighted by Crippen LogP contribution is 2.26. The zero-order chi connectivity index (χ0) is 21.6. The van der Waals surface area contributed by atoms with Gasteiger partial charge in [0.25, 0.3) is 5.56 Å². The lowest BCUT2D eigenvalue weighted by Gasteiger charge is -2.21. The van der Waals surface area contributed by atoms with E-state index in [-0.39, 0.29) is 24.8 Å². The third-order valence-corrected chi connectivity index (χ3v) is 4.94. The van der Waals surface area contributed by atoms with Crippen LogP contribution in [0.25, 0.3) is 5.82 Å². The Hall–Kier alpha value is -3.55. The minimum atomic E-state index is -0.903. The van der Waals surface area contributed by atoms with E-state index in [0.29, 0.717) is 5.82 Å². The number of nitrogens with zero attached hydrogens (tertiary/aromatic N) is 4. The van der Waals surface area contributed by atoms with E-state index in [2.05, 4.69) is 10.1 Å². The molecule has 1 N–H and O–H groups in total. The van der Waals surface area contributed by atoms with Crippen LogP contribution in [0.3, 0.4) is 0 Å². The highest BCUT2D eigenvalue weighted by Gasteiger charge is 2.17. The Morgan fingerprint density at radius 3 is 2.45 bits per heavy atom. The number of aliphatic hydroxyl groups is 1. The fraction of sp³-hybridized carbons (Fsp3) is 0.208. The maximum Gasteiger partial charge on any atom is 0.266 e. The monoisotopic (exact) mass is 416 g/mol. The van der Waals surface area contributed by atoms with E-state index in [1.54, 1.807) is 29.4 Å². The van der Waals surface area contributed by atoms with Crippen LogP contribution in [0.15, 0.2) is 90.2 Å². The van der Waals surface area contributed by atoms with E-state index >= 15 is 0 Å². The van der Waals surface area contributed by atoms with Crippen molar-refractivity contribution in [2.75, 3.05) is 6.61 Å². The van der Waals surface area contributed by atoms with Gasteiger partial charge in [-0.3, -0.25) is 9.36 Å². The van der Waals surface area contributed by atoms with Crippen LogP contribution >= 0.6 is 0 Å². The van der Waals surface area contributed by atoms with E-state index < -0.39 is 6.10 Å². The van der Waals surface area contributed by atoms with Crippen molar-refractivity contribution in [2.24, 2.45) is 0 Å². The molecule has 0 aliphatic carbocycles. The van der Waals surface area contributed by atoms with E-state index in [1.807, 2.05) is 61.5 Å². The summed E-state index contributed by atoms with van der Waals surface area (Å²) in [5, 5.41) is 14.9. The number of hydrogen-bond donors (Lipinski definition) is 1. The lowest BCUT2D eigenvalue weighted by Crippen LogP contribution is -2.31. The summed E-state index contributed by atoms with van der Waals surface area (Å²) in [7, 11) is 0. The normalized spacial score (nSPS) is 13.1. The second-order valence-electron chi connectivity index (χ2n) is 7.37. The summed E-state index contributed by atoms with van der Waals surface area (Å²) >= 11 is 0. The molecule has 0 spiro atoms. The van der Waals surface area contributed by atoms with Gasteiger partial charge in [-0.05, 0) is 24.1 Å². The number of ether oxygens (including phenoxy) is 1. The molecule has 2 aromatic heterocycles. The zero-order valence-electron chi connectivity index (χ0n) is 17.2. The molecular weight excluding hydrogens is 392 g/mol. The molecule has 2 atom stereocenters. The van der Waals surface area contributed by atoms with Gasteiger partial charge in [-0.1, -0.05) is 60.2 Å². The molecule has 4 rings (SSSR count). The number of benzene rings is 2. The van der Waals surface area contributed by atoms with Crippen molar-refractivity contribution < 1.29 is 9.84 Å². The molecular formula is C24H24N4O3. The van der Waals surface area contributed by atoms with Crippen LogP contribution < -0.4 is 5.56 Å². The van der Waals surface area contributed by atoms with Crippen molar-refractivity contribution in [3.8, 4) is 5.82 Å². The average molecular weight is 416 g/mol. The van der Waals surface area contributed by atoms with Crippen LogP contribution in [0.5, 0.6) is 0 Å². The van der Waals surface area contributed by atoms with Crippen LogP contribution in [0, 0.1) is 6.92 Å². The number of aliphatic hydroxyl groups excluding tert-OH is 1. The topological polar surface area (TPSA) is 82.2 Å². The molecule has 0 bridgehead atoms. The quantitative estimate of drug-likeness (QED) is 0.478. The SMILES string of the molecule is Cc1ccc([C@H](OC[C@H](O)Cn2nc(-n3ccnc3)ccc2=O)c2ccccc2)cc1. The summed E-state index contributed by atoms with van der Waals surface area (Å²) in [6, 6.07) is 21.0. The van der Waals surface area contributed by atoms with Crippen molar-refractivity contribution in [1.82, 2.24) is 19.3 Å². The first-order valence-electron chi connectivity index (χ1n) is 10.1. The second-order valence-corrected chi connectivity index (χ2v) is 7.37. The van der Waals surface area contributed by atoms with Crippen LogP contribution in [0.4, 0.5) is 0 Å². The van der Waals surface area contributed by atoms with E-state index in [0.717, 1.165) is 11.1 Å². The van der Waals surface area contributed by atoms with Gasteiger partial charge in [0, 0.05) is 18.5 Å². The van der Waals surface area contributed by atoms with Gasteiger partial charge >= 0.3 is 0 Å². The Kier molecular flexibility index (Phi) is 6.35. The van der Waals surface area contributed by atoms with Gasteiger partial charge in [-0.2, -0.15) is 5.10 Å². The fourth-order valence-electron chi connectivity index (χ4n) is 3.31. The van der Waals surface area contributed by atoms with E-state index in [4.69, 9.17) is 4.74 Å². The molecule has 158 valence electrons. The number of rotatable bonds is 8. The third-order valence-electron chi connectivity index (χ3n) is 4.94. The van der Waals surface area contributed by atoms with Crippen LogP contribution in [0.1, 0.15) is 22.8 Å². The van der Waals surface area contributed by atoms with Crippen LogP contribution in [0.2, 0.25) is 0 Å². The summed E-state index contributed by atoms with van der Waals surface area (Å²) in [5.74, 6) is 0.548. The standard InChI is InChI=1S/C24H24N4O3/c1-18-7-9-20(10-8-18)24(19-5-3-2-4-6-19)31-16-21(29)15-28-23(30)12-11-22(26-28)27-14-13-25-17-27/h2-14,17,21,24,29H,15-16H2,1H3/t21-,24-/m1/s1. The van der Waals surface area contributed by atoms with E-state index in [1.165, 1.54) is 16.3 Å².